The second-order valence-electron chi connectivity index (χ2n) is 11.0. The van der Waals surface area contributed by atoms with Crippen molar-refractivity contribution < 1.29 is 27.1 Å². The van der Waals surface area contributed by atoms with Gasteiger partial charge in [0, 0.05) is 29.6 Å². The summed E-state index contributed by atoms with van der Waals surface area (Å²) in [5, 5.41) is 3.61. The Morgan fingerprint density at radius 1 is 0.917 bits per heavy atom. The van der Waals surface area contributed by atoms with E-state index in [1.54, 1.807) is 12.1 Å². The van der Waals surface area contributed by atoms with E-state index in [0.29, 0.717) is 29.5 Å². The third-order valence-electron chi connectivity index (χ3n) is 7.57. The zero-order chi connectivity index (χ0) is 34.7. The van der Waals surface area contributed by atoms with Gasteiger partial charge in [0.15, 0.2) is 0 Å². The Morgan fingerprint density at radius 3 is 2.23 bits per heavy atom. The number of carbonyl (C=O) groups excluding carboxylic acids is 2. The number of sulfonamides is 1. The van der Waals surface area contributed by atoms with Gasteiger partial charge >= 0.3 is 0 Å². The summed E-state index contributed by atoms with van der Waals surface area (Å²) in [6.07, 6.45) is 1.74. The molecule has 0 fully saturated rings. The van der Waals surface area contributed by atoms with Gasteiger partial charge in [-0.25, -0.2) is 12.8 Å². The lowest BCUT2D eigenvalue weighted by molar-refractivity contribution is -0.140. The van der Waals surface area contributed by atoms with Crippen LogP contribution in [0.3, 0.4) is 0 Å². The van der Waals surface area contributed by atoms with Crippen LogP contribution in [0.1, 0.15) is 37.8 Å². The molecule has 1 N–H and O–H groups in total. The van der Waals surface area contributed by atoms with Crippen LogP contribution >= 0.6 is 23.2 Å². The minimum atomic E-state index is -4.37. The molecular formula is C36H38Cl2FN3O5S. The zero-order valence-electron chi connectivity index (χ0n) is 26.7. The van der Waals surface area contributed by atoms with Crippen molar-refractivity contribution in [3.63, 3.8) is 0 Å². The lowest BCUT2D eigenvalue weighted by Gasteiger charge is -2.34. The van der Waals surface area contributed by atoms with Gasteiger partial charge in [-0.1, -0.05) is 72.9 Å². The maximum absolute atomic E-state index is 14.5. The molecule has 4 rings (SSSR count). The first-order valence-corrected chi connectivity index (χ1v) is 17.8. The highest BCUT2D eigenvalue weighted by Crippen LogP contribution is 2.28. The summed E-state index contributed by atoms with van der Waals surface area (Å²) in [6.45, 7) is 3.80. The highest BCUT2D eigenvalue weighted by atomic mass is 35.5. The number of unbranched alkanes of at least 4 members (excludes halogenated alkanes) is 1. The van der Waals surface area contributed by atoms with Crippen LogP contribution in [-0.4, -0.2) is 50.9 Å². The minimum absolute atomic E-state index is 0.0649. The highest BCUT2D eigenvalue weighted by Gasteiger charge is 2.35. The summed E-state index contributed by atoms with van der Waals surface area (Å²) < 4.78 is 48.7. The zero-order valence-corrected chi connectivity index (χ0v) is 29.1. The Kier molecular flexibility index (Phi) is 13.3. The number of anilines is 1. The minimum Gasteiger partial charge on any atom is -0.494 e. The van der Waals surface area contributed by atoms with Crippen LogP contribution in [0.4, 0.5) is 10.1 Å². The lowest BCUT2D eigenvalue weighted by Crippen LogP contribution is -2.53. The van der Waals surface area contributed by atoms with Gasteiger partial charge in [0.05, 0.1) is 17.2 Å². The number of amides is 2. The highest BCUT2D eigenvalue weighted by molar-refractivity contribution is 7.92. The molecule has 0 aliphatic heterocycles. The Bertz CT molecular complexity index is 1780. The summed E-state index contributed by atoms with van der Waals surface area (Å²) in [6, 6.07) is 23.6. The Hall–Kier alpha value is -4.12. The van der Waals surface area contributed by atoms with E-state index >= 15 is 0 Å². The monoisotopic (exact) mass is 713 g/mol. The van der Waals surface area contributed by atoms with Gasteiger partial charge in [0.2, 0.25) is 11.8 Å². The number of nitrogens with zero attached hydrogens (tertiary/aromatic N) is 2. The SMILES string of the molecule is CCCCNC(=O)C(Cc1ccccc1)N(Cc1ccc(Cl)cc1Cl)C(=O)CN(c1ccc(F)cc1)S(=O)(=O)c1ccc(OCC)cc1. The molecule has 4 aromatic carbocycles. The molecule has 0 saturated heterocycles. The van der Waals surface area contributed by atoms with Gasteiger partial charge in [-0.2, -0.15) is 0 Å². The van der Waals surface area contributed by atoms with Crippen molar-refractivity contribution >= 4 is 50.7 Å². The van der Waals surface area contributed by atoms with E-state index in [9.17, 15) is 22.4 Å². The fraction of sp³-hybridized carbons (Fsp3) is 0.278. The third kappa shape index (κ3) is 9.71. The molecule has 4 aromatic rings. The molecule has 1 atom stereocenters. The van der Waals surface area contributed by atoms with Crippen molar-refractivity contribution in [3.05, 3.63) is 124 Å². The van der Waals surface area contributed by atoms with Crippen LogP contribution in [0.15, 0.2) is 102 Å². The Labute approximate surface area is 291 Å². The van der Waals surface area contributed by atoms with Crippen LogP contribution in [0.2, 0.25) is 10.0 Å². The van der Waals surface area contributed by atoms with Gasteiger partial charge in [-0.05, 0) is 85.1 Å². The Balaban J connectivity index is 1.80. The number of rotatable bonds is 16. The van der Waals surface area contributed by atoms with Crippen LogP contribution in [0.25, 0.3) is 0 Å². The second kappa shape index (κ2) is 17.3. The summed E-state index contributed by atoms with van der Waals surface area (Å²) in [5.41, 5.74) is 1.37. The summed E-state index contributed by atoms with van der Waals surface area (Å²) in [4.78, 5) is 29.6. The van der Waals surface area contributed by atoms with Crippen molar-refractivity contribution in [2.45, 2.75) is 50.6 Å². The van der Waals surface area contributed by atoms with Gasteiger partial charge in [-0.15, -0.1) is 0 Å². The number of ether oxygens (including phenoxy) is 1. The number of hydrogen-bond donors (Lipinski definition) is 1. The maximum atomic E-state index is 14.5. The predicted octanol–water partition coefficient (Wildman–Crippen LogP) is 7.28. The maximum Gasteiger partial charge on any atom is 0.264 e. The fourth-order valence-electron chi connectivity index (χ4n) is 5.03. The third-order valence-corrected chi connectivity index (χ3v) is 9.95. The normalized spacial score (nSPS) is 11.9. The van der Waals surface area contributed by atoms with E-state index in [2.05, 4.69) is 5.32 Å². The van der Waals surface area contributed by atoms with Crippen molar-refractivity contribution in [1.29, 1.82) is 0 Å². The van der Waals surface area contributed by atoms with Gasteiger partial charge in [0.1, 0.15) is 24.2 Å². The first kappa shape index (κ1) is 36.7. The molecule has 0 spiro atoms. The molecule has 0 heterocycles. The molecule has 0 radical (unpaired) electrons. The Morgan fingerprint density at radius 2 is 1.60 bits per heavy atom. The molecule has 2 amide bonds. The largest absolute Gasteiger partial charge is 0.494 e. The van der Waals surface area contributed by atoms with E-state index in [1.807, 2.05) is 44.2 Å². The summed E-state index contributed by atoms with van der Waals surface area (Å²) >= 11 is 12.7. The molecule has 8 nitrogen and oxygen atoms in total. The fourth-order valence-corrected chi connectivity index (χ4v) is 6.91. The molecular weight excluding hydrogens is 676 g/mol. The number of benzene rings is 4. The number of hydrogen-bond acceptors (Lipinski definition) is 5. The average molecular weight is 715 g/mol. The molecule has 12 heteroatoms. The number of carbonyl (C=O) groups is 2. The van der Waals surface area contributed by atoms with Crippen molar-refractivity contribution in [2.24, 2.45) is 0 Å². The van der Waals surface area contributed by atoms with E-state index in [0.717, 1.165) is 34.8 Å². The van der Waals surface area contributed by atoms with Crippen LogP contribution in [-0.2, 0) is 32.6 Å². The van der Waals surface area contributed by atoms with Crippen molar-refractivity contribution in [3.8, 4) is 5.75 Å². The van der Waals surface area contributed by atoms with E-state index in [-0.39, 0.29) is 28.6 Å². The molecule has 0 aromatic heterocycles. The smallest absolute Gasteiger partial charge is 0.264 e. The van der Waals surface area contributed by atoms with Gasteiger partial charge < -0.3 is 15.0 Å². The lowest BCUT2D eigenvalue weighted by atomic mass is 10.0. The van der Waals surface area contributed by atoms with E-state index < -0.39 is 40.2 Å². The summed E-state index contributed by atoms with van der Waals surface area (Å²) in [7, 11) is -4.37. The van der Waals surface area contributed by atoms with Gasteiger partial charge in [0.25, 0.3) is 10.0 Å². The molecule has 0 aliphatic carbocycles. The predicted molar refractivity (Wildman–Crippen MR) is 187 cm³/mol. The summed E-state index contributed by atoms with van der Waals surface area (Å²) in [5.74, 6) is -1.17. The first-order valence-electron chi connectivity index (χ1n) is 15.6. The van der Waals surface area contributed by atoms with Crippen molar-refractivity contribution in [1.82, 2.24) is 10.2 Å². The van der Waals surface area contributed by atoms with E-state index in [4.69, 9.17) is 27.9 Å². The van der Waals surface area contributed by atoms with Crippen LogP contribution in [0, 0.1) is 5.82 Å². The molecule has 0 bridgehead atoms. The molecule has 0 aliphatic rings. The van der Waals surface area contributed by atoms with Crippen LogP contribution < -0.4 is 14.4 Å². The number of halogens is 3. The molecule has 254 valence electrons. The van der Waals surface area contributed by atoms with Crippen LogP contribution in [0.5, 0.6) is 5.75 Å². The standard InChI is InChI=1S/C36H38Cl2FN3O5S/c1-3-5-21-40-36(44)34(22-26-9-7-6-8-10-26)41(24-27-11-12-28(37)23-33(27)38)35(43)25-42(30-15-13-29(39)14-16-30)48(45,46)32-19-17-31(18-20-32)47-4-2/h6-20,23,34H,3-5,21-22,24-25H2,1-2H3,(H,40,44). The average Bonchev–Trinajstić information content (AvgIpc) is 3.07. The van der Waals surface area contributed by atoms with Crippen molar-refractivity contribution in [2.75, 3.05) is 24.0 Å². The molecule has 1 unspecified atom stereocenters. The second-order valence-corrected chi connectivity index (χ2v) is 13.7. The number of nitrogens with one attached hydrogen (secondary N) is 1. The van der Waals surface area contributed by atoms with Gasteiger partial charge in [-0.3, -0.25) is 13.9 Å². The molecule has 0 saturated carbocycles. The van der Waals surface area contributed by atoms with E-state index in [1.165, 1.54) is 47.4 Å². The quantitative estimate of drug-likeness (QED) is 0.123. The first-order chi connectivity index (χ1) is 23.0. The topological polar surface area (TPSA) is 96.0 Å². The molecule has 48 heavy (non-hydrogen) atoms.